The smallest absolute Gasteiger partial charge is 0.280 e. The Balaban J connectivity index is 1.68. The lowest BCUT2D eigenvalue weighted by Crippen LogP contribution is -2.37. The fourth-order valence-corrected chi connectivity index (χ4v) is 2.44. The zero-order valence-corrected chi connectivity index (χ0v) is 13.3. The van der Waals surface area contributed by atoms with Gasteiger partial charge in [0.25, 0.3) is 11.8 Å². The van der Waals surface area contributed by atoms with E-state index in [1.807, 2.05) is 31.1 Å². The summed E-state index contributed by atoms with van der Waals surface area (Å²) in [6.45, 7) is -0.344. The van der Waals surface area contributed by atoms with Crippen LogP contribution in [0.2, 0.25) is 0 Å². The van der Waals surface area contributed by atoms with Crippen molar-refractivity contribution in [1.29, 1.82) is 0 Å². The Morgan fingerprint density at radius 1 is 1.12 bits per heavy atom. The number of aromatic nitrogens is 1. The maximum absolute atomic E-state index is 12.2. The Bertz CT molecular complexity index is 780. The van der Waals surface area contributed by atoms with Crippen molar-refractivity contribution in [1.82, 2.24) is 9.88 Å². The summed E-state index contributed by atoms with van der Waals surface area (Å²) in [7, 11) is 3.84. The number of fused-ring (bicyclic) bond motifs is 1. The van der Waals surface area contributed by atoms with Crippen LogP contribution in [0.3, 0.4) is 0 Å². The molecule has 0 saturated heterocycles. The number of carbonyl (C=O) groups excluding carboxylic acids is 3. The summed E-state index contributed by atoms with van der Waals surface area (Å²) in [5.41, 5.74) is 1.91. The van der Waals surface area contributed by atoms with Crippen LogP contribution >= 0.6 is 0 Å². The molecule has 7 heteroatoms. The van der Waals surface area contributed by atoms with Gasteiger partial charge < -0.3 is 10.2 Å². The van der Waals surface area contributed by atoms with Gasteiger partial charge in [0.2, 0.25) is 5.91 Å². The molecule has 1 aliphatic rings. The van der Waals surface area contributed by atoms with Crippen LogP contribution in [0.15, 0.2) is 42.6 Å². The summed E-state index contributed by atoms with van der Waals surface area (Å²) in [4.78, 5) is 43.3. The van der Waals surface area contributed by atoms with Gasteiger partial charge in [-0.05, 0) is 36.4 Å². The molecule has 3 amide bonds. The average Bonchev–Trinajstić information content (AvgIpc) is 2.81. The van der Waals surface area contributed by atoms with Crippen molar-refractivity contribution in [2.75, 3.05) is 30.9 Å². The molecule has 0 radical (unpaired) electrons. The molecule has 7 nitrogen and oxygen atoms in total. The number of imide groups is 1. The first kappa shape index (κ1) is 15.7. The lowest BCUT2D eigenvalue weighted by atomic mass is 10.2. The molecule has 0 unspecified atom stereocenters. The first-order valence-corrected chi connectivity index (χ1v) is 7.36. The fraction of sp³-hybridized carbons (Fsp3) is 0.176. The molecule has 3 rings (SSSR count). The summed E-state index contributed by atoms with van der Waals surface area (Å²) in [6, 6.07) is 10.4. The number of rotatable bonds is 4. The zero-order valence-electron chi connectivity index (χ0n) is 13.3. The summed E-state index contributed by atoms with van der Waals surface area (Å²) in [5, 5.41) is 2.68. The standard InChI is InChI=1S/C17H16N4O3/c1-20(2)12-7-5-11(6-8-12)19-14(22)10-21-16(23)13-4-3-9-18-15(13)17(21)24/h3-9H,10H2,1-2H3,(H,19,22). The van der Waals surface area contributed by atoms with E-state index in [0.29, 0.717) is 5.69 Å². The van der Waals surface area contributed by atoms with Crippen molar-refractivity contribution in [3.63, 3.8) is 0 Å². The van der Waals surface area contributed by atoms with Crippen molar-refractivity contribution in [2.24, 2.45) is 0 Å². The Morgan fingerprint density at radius 3 is 2.46 bits per heavy atom. The summed E-state index contributed by atoms with van der Waals surface area (Å²) >= 11 is 0. The van der Waals surface area contributed by atoms with Gasteiger partial charge in [-0.2, -0.15) is 0 Å². The second-order valence-electron chi connectivity index (χ2n) is 5.59. The first-order chi connectivity index (χ1) is 11.5. The molecule has 1 aliphatic heterocycles. The van der Waals surface area contributed by atoms with E-state index in [1.54, 1.807) is 18.2 Å². The number of hydrogen-bond acceptors (Lipinski definition) is 5. The monoisotopic (exact) mass is 324 g/mol. The van der Waals surface area contributed by atoms with Gasteiger partial charge in [0.1, 0.15) is 12.2 Å². The molecule has 1 aromatic carbocycles. The summed E-state index contributed by atoms with van der Waals surface area (Å²) in [5.74, 6) is -1.49. The van der Waals surface area contributed by atoms with E-state index >= 15 is 0 Å². The maximum atomic E-state index is 12.2. The highest BCUT2D eigenvalue weighted by Gasteiger charge is 2.37. The Labute approximate surface area is 138 Å². The highest BCUT2D eigenvalue weighted by atomic mass is 16.2. The Kier molecular flexibility index (Phi) is 3.99. The number of nitrogens with zero attached hydrogens (tertiary/aromatic N) is 3. The topological polar surface area (TPSA) is 82.6 Å². The fourth-order valence-electron chi connectivity index (χ4n) is 2.44. The molecule has 0 fully saturated rings. The molecule has 2 aromatic rings. The molecule has 0 bridgehead atoms. The van der Waals surface area contributed by atoms with E-state index < -0.39 is 17.7 Å². The molecule has 122 valence electrons. The summed E-state index contributed by atoms with van der Waals surface area (Å²) < 4.78 is 0. The molecule has 1 N–H and O–H groups in total. The van der Waals surface area contributed by atoms with E-state index in [9.17, 15) is 14.4 Å². The molecule has 24 heavy (non-hydrogen) atoms. The molecule has 1 aromatic heterocycles. The van der Waals surface area contributed by atoms with E-state index in [1.165, 1.54) is 12.3 Å². The highest BCUT2D eigenvalue weighted by Crippen LogP contribution is 2.20. The zero-order chi connectivity index (χ0) is 17.3. The minimum Gasteiger partial charge on any atom is -0.378 e. The average molecular weight is 324 g/mol. The van der Waals surface area contributed by atoms with Gasteiger partial charge in [-0.25, -0.2) is 0 Å². The van der Waals surface area contributed by atoms with Gasteiger partial charge in [0, 0.05) is 31.7 Å². The molecule has 0 atom stereocenters. The highest BCUT2D eigenvalue weighted by molar-refractivity contribution is 6.21. The normalized spacial score (nSPS) is 13.0. The SMILES string of the molecule is CN(C)c1ccc(NC(=O)CN2C(=O)c3cccnc3C2=O)cc1. The number of hydrogen-bond donors (Lipinski definition) is 1. The van der Waals surface area contributed by atoms with Crippen molar-refractivity contribution < 1.29 is 14.4 Å². The number of carbonyl (C=O) groups is 3. The van der Waals surface area contributed by atoms with Crippen LogP contribution in [-0.2, 0) is 4.79 Å². The van der Waals surface area contributed by atoms with E-state index in [2.05, 4.69) is 10.3 Å². The van der Waals surface area contributed by atoms with Crippen molar-refractivity contribution >= 4 is 29.1 Å². The number of nitrogens with one attached hydrogen (secondary N) is 1. The van der Waals surface area contributed by atoms with Gasteiger partial charge in [-0.1, -0.05) is 0 Å². The molecule has 0 aliphatic carbocycles. The predicted octanol–water partition coefficient (Wildman–Crippen LogP) is 1.38. The summed E-state index contributed by atoms with van der Waals surface area (Å²) in [6.07, 6.45) is 1.44. The van der Waals surface area contributed by atoms with Gasteiger partial charge in [0.05, 0.1) is 5.56 Å². The van der Waals surface area contributed by atoms with Crippen LogP contribution in [0.5, 0.6) is 0 Å². The minimum atomic E-state index is -0.547. The Morgan fingerprint density at radius 2 is 1.83 bits per heavy atom. The lowest BCUT2D eigenvalue weighted by Gasteiger charge is -2.15. The van der Waals surface area contributed by atoms with Crippen LogP contribution < -0.4 is 10.2 Å². The van der Waals surface area contributed by atoms with Gasteiger partial charge in [-0.15, -0.1) is 0 Å². The van der Waals surface area contributed by atoms with Gasteiger partial charge in [-0.3, -0.25) is 24.3 Å². The van der Waals surface area contributed by atoms with E-state index in [-0.39, 0.29) is 17.8 Å². The van der Waals surface area contributed by atoms with E-state index in [0.717, 1.165) is 10.6 Å². The molecule has 0 spiro atoms. The number of benzene rings is 1. The lowest BCUT2D eigenvalue weighted by molar-refractivity contribution is -0.116. The third-order valence-corrected chi connectivity index (χ3v) is 3.70. The minimum absolute atomic E-state index is 0.0886. The van der Waals surface area contributed by atoms with Crippen LogP contribution in [0.1, 0.15) is 20.8 Å². The Hall–Kier alpha value is -3.22. The second-order valence-corrected chi connectivity index (χ2v) is 5.59. The van der Waals surface area contributed by atoms with Crippen LogP contribution in [-0.4, -0.2) is 48.2 Å². The van der Waals surface area contributed by atoms with Crippen LogP contribution in [0.25, 0.3) is 0 Å². The third kappa shape index (κ3) is 2.83. The van der Waals surface area contributed by atoms with Gasteiger partial charge >= 0.3 is 0 Å². The first-order valence-electron chi connectivity index (χ1n) is 7.36. The third-order valence-electron chi connectivity index (χ3n) is 3.70. The second kappa shape index (κ2) is 6.11. The van der Waals surface area contributed by atoms with Gasteiger partial charge in [0.15, 0.2) is 0 Å². The van der Waals surface area contributed by atoms with Crippen LogP contribution in [0, 0.1) is 0 Å². The van der Waals surface area contributed by atoms with Crippen molar-refractivity contribution in [2.45, 2.75) is 0 Å². The molecule has 2 heterocycles. The molecular formula is C17H16N4O3. The van der Waals surface area contributed by atoms with Crippen molar-refractivity contribution in [3.8, 4) is 0 Å². The van der Waals surface area contributed by atoms with Crippen molar-refractivity contribution in [3.05, 3.63) is 53.9 Å². The molecule has 0 saturated carbocycles. The quantitative estimate of drug-likeness (QED) is 0.859. The number of anilines is 2. The predicted molar refractivity (Wildman–Crippen MR) is 89.0 cm³/mol. The van der Waals surface area contributed by atoms with E-state index in [4.69, 9.17) is 0 Å². The number of amides is 3. The van der Waals surface area contributed by atoms with Crippen LogP contribution in [0.4, 0.5) is 11.4 Å². The maximum Gasteiger partial charge on any atom is 0.280 e. The largest absolute Gasteiger partial charge is 0.378 e. The molecular weight excluding hydrogens is 308 g/mol. The number of pyridine rings is 1.